The number of hydrogen-bond donors (Lipinski definition) is 1. The second kappa shape index (κ2) is 15.5. The van der Waals surface area contributed by atoms with Gasteiger partial charge in [-0.3, -0.25) is 4.79 Å². The van der Waals surface area contributed by atoms with Gasteiger partial charge in [-0.1, -0.05) is 127 Å². The Hall–Kier alpha value is -6.40. The number of aliphatic hydroxyl groups is 1. The van der Waals surface area contributed by atoms with E-state index in [9.17, 15) is 9.90 Å². The Morgan fingerprint density at radius 2 is 0.983 bits per heavy atom. The highest BCUT2D eigenvalue weighted by molar-refractivity contribution is 6.51. The third-order valence-corrected chi connectivity index (χ3v) is 12.6. The van der Waals surface area contributed by atoms with Gasteiger partial charge in [0.05, 0.1) is 34.6 Å². The lowest BCUT2D eigenvalue weighted by atomic mass is 9.81. The van der Waals surface area contributed by atoms with Crippen LogP contribution in [0.2, 0.25) is 0 Å². The van der Waals surface area contributed by atoms with E-state index in [0.29, 0.717) is 11.1 Å². The molecule has 6 aromatic carbocycles. The molecular weight excluding hydrogens is 713 g/mol. The van der Waals surface area contributed by atoms with Crippen molar-refractivity contribution in [1.29, 1.82) is 0 Å². The molecule has 0 aromatic heterocycles. The molecule has 0 spiro atoms. The van der Waals surface area contributed by atoms with E-state index in [4.69, 9.17) is 0 Å². The van der Waals surface area contributed by atoms with Crippen LogP contribution in [0, 0.1) is 0 Å². The first-order valence-corrected chi connectivity index (χ1v) is 20.9. The Kier molecular flexibility index (Phi) is 9.94. The predicted molar refractivity (Wildman–Crippen MR) is 238 cm³/mol. The Morgan fingerprint density at radius 3 is 1.48 bits per heavy atom. The van der Waals surface area contributed by atoms with E-state index in [2.05, 4.69) is 193 Å². The second-order valence-corrected chi connectivity index (χ2v) is 15.4. The smallest absolute Gasteiger partial charge is 0.224 e. The molecule has 58 heavy (non-hydrogen) atoms. The van der Waals surface area contributed by atoms with E-state index < -0.39 is 0 Å². The fourth-order valence-electron chi connectivity index (χ4n) is 10.0. The number of fused-ring (bicyclic) bond motifs is 2. The maximum absolute atomic E-state index is 14.4. The molecule has 4 atom stereocenters. The Morgan fingerprint density at radius 1 is 0.500 bits per heavy atom. The number of hydrogen-bond acceptors (Lipinski definition) is 5. The van der Waals surface area contributed by atoms with Crippen molar-refractivity contribution in [1.82, 2.24) is 4.58 Å². The maximum atomic E-state index is 14.4. The molecule has 6 heteroatoms. The van der Waals surface area contributed by atoms with Gasteiger partial charge in [0.2, 0.25) is 17.2 Å². The predicted octanol–water partition coefficient (Wildman–Crippen LogP) is 9.37. The first-order valence-electron chi connectivity index (χ1n) is 20.9. The van der Waals surface area contributed by atoms with E-state index in [0.717, 1.165) is 59.4 Å². The highest BCUT2D eigenvalue weighted by atomic mass is 16.3. The minimum atomic E-state index is -0.127. The van der Waals surface area contributed by atoms with Crippen molar-refractivity contribution in [3.63, 3.8) is 0 Å². The molecule has 1 aliphatic carbocycles. The van der Waals surface area contributed by atoms with E-state index in [-0.39, 0.29) is 35.7 Å². The van der Waals surface area contributed by atoms with Crippen molar-refractivity contribution >= 4 is 34.0 Å². The molecule has 6 aromatic rings. The van der Waals surface area contributed by atoms with Gasteiger partial charge in [-0.05, 0) is 79.4 Å². The summed E-state index contributed by atoms with van der Waals surface area (Å²) >= 11 is 0. The summed E-state index contributed by atoms with van der Waals surface area (Å²) in [5, 5.41) is 13.8. The number of carbonyl (C=O) groups is 1. The number of allylic oxidation sites excluding steroid dienone is 2. The molecule has 0 bridgehead atoms. The monoisotopic (exact) mass is 763 g/mol. The Balaban J connectivity index is 1.17. The van der Waals surface area contributed by atoms with Crippen LogP contribution in [0.25, 0.3) is 11.1 Å². The fourth-order valence-corrected chi connectivity index (χ4v) is 10.0. The highest BCUT2D eigenvalue weighted by Crippen LogP contribution is 2.52. The molecule has 6 nitrogen and oxygen atoms in total. The van der Waals surface area contributed by atoms with Gasteiger partial charge in [-0.2, -0.15) is 0 Å². The average Bonchev–Trinajstić information content (AvgIpc) is 3.28. The zero-order valence-electron chi connectivity index (χ0n) is 33.8. The number of likely N-dealkylation sites (N-methyl/N-ethyl adjacent to an activating group) is 4. The van der Waals surface area contributed by atoms with Crippen molar-refractivity contribution in [2.45, 2.75) is 51.9 Å². The van der Waals surface area contributed by atoms with Crippen LogP contribution >= 0.6 is 0 Å². The topological polar surface area (TPSA) is 50.0 Å². The molecule has 0 radical (unpaired) electrons. The van der Waals surface area contributed by atoms with Gasteiger partial charge in [-0.15, -0.1) is 0 Å². The van der Waals surface area contributed by atoms with E-state index in [1.54, 1.807) is 0 Å². The fraction of sp³-hybridized carbons (Fsp3) is 0.231. The third-order valence-electron chi connectivity index (χ3n) is 12.6. The van der Waals surface area contributed by atoms with Crippen molar-refractivity contribution < 1.29 is 9.90 Å². The van der Waals surface area contributed by atoms with Crippen LogP contribution in [-0.2, 0) is 4.79 Å². The second-order valence-electron chi connectivity index (χ2n) is 15.4. The molecule has 1 N–H and O–H groups in total. The van der Waals surface area contributed by atoms with Crippen molar-refractivity contribution in [2.24, 2.45) is 0 Å². The van der Waals surface area contributed by atoms with Crippen molar-refractivity contribution in [3.8, 4) is 0 Å². The van der Waals surface area contributed by atoms with E-state index in [1.165, 1.54) is 22.3 Å². The van der Waals surface area contributed by atoms with Crippen molar-refractivity contribution in [2.75, 3.05) is 40.9 Å². The lowest BCUT2D eigenvalue weighted by Crippen LogP contribution is -2.51. The quantitative estimate of drug-likeness (QED) is 0.149. The van der Waals surface area contributed by atoms with Gasteiger partial charge >= 0.3 is 0 Å². The third kappa shape index (κ3) is 6.01. The molecule has 2 heterocycles. The minimum Gasteiger partial charge on any atom is -0.506 e. The van der Waals surface area contributed by atoms with Gasteiger partial charge in [0.25, 0.3) is 0 Å². The number of ketones is 1. The largest absolute Gasteiger partial charge is 0.506 e. The van der Waals surface area contributed by atoms with Crippen LogP contribution in [0.1, 0.15) is 79.7 Å². The lowest BCUT2D eigenvalue weighted by Gasteiger charge is -2.50. The zero-order chi connectivity index (χ0) is 39.9. The summed E-state index contributed by atoms with van der Waals surface area (Å²) in [6.07, 6.45) is 0. The summed E-state index contributed by atoms with van der Waals surface area (Å²) in [6.45, 7) is 12.0. The summed E-state index contributed by atoms with van der Waals surface area (Å²) < 4.78 is 2.49. The maximum Gasteiger partial charge on any atom is 0.224 e. The highest BCUT2D eigenvalue weighted by Gasteiger charge is 2.44. The van der Waals surface area contributed by atoms with Crippen LogP contribution in [-0.4, -0.2) is 37.1 Å². The number of carbonyl (C=O) groups excluding carboxylic acids is 1. The molecule has 2 aliphatic heterocycles. The van der Waals surface area contributed by atoms with Gasteiger partial charge in [0.1, 0.15) is 24.0 Å². The van der Waals surface area contributed by atoms with Crippen LogP contribution in [0.4, 0.5) is 17.1 Å². The summed E-state index contributed by atoms with van der Waals surface area (Å²) in [5.41, 5.74) is 9.77. The summed E-state index contributed by atoms with van der Waals surface area (Å²) in [4.78, 5) is 21.8. The molecule has 9 rings (SSSR count). The number of rotatable bonds is 9. The van der Waals surface area contributed by atoms with Crippen LogP contribution in [0.15, 0.2) is 163 Å². The van der Waals surface area contributed by atoms with E-state index in [1.807, 2.05) is 12.1 Å². The summed E-state index contributed by atoms with van der Waals surface area (Å²) in [6, 6.07) is 55.9. The van der Waals surface area contributed by atoms with Crippen LogP contribution in [0.5, 0.6) is 0 Å². The molecule has 4 unspecified atom stereocenters. The first-order chi connectivity index (χ1) is 28.5. The van der Waals surface area contributed by atoms with Crippen LogP contribution < -0.4 is 29.9 Å². The van der Waals surface area contributed by atoms with Gasteiger partial charge in [0, 0.05) is 31.3 Å². The first kappa shape index (κ1) is 37.2. The van der Waals surface area contributed by atoms with Gasteiger partial charge in [-0.25, -0.2) is 4.58 Å². The average molecular weight is 764 g/mol. The lowest BCUT2D eigenvalue weighted by molar-refractivity contribution is -0.109. The normalized spacial score (nSPS) is 21.1. The Bertz CT molecular complexity index is 2630. The van der Waals surface area contributed by atoms with E-state index >= 15 is 0 Å². The Labute approximate surface area is 341 Å². The van der Waals surface area contributed by atoms with Crippen molar-refractivity contribution in [3.05, 3.63) is 202 Å². The standard InChI is InChI=1S/C52H50N4O2/c1-5-53-41-31-29-39(33-43(41)55(7-3)49(37-25-17-11-18-26-37)47(53)35-21-13-9-14-22-35)45-51(57)46(52(45)58)40-30-32-42-44(34-40)56(8-4)50(38-27-19-12-20-28-38)48(54(42)6-2)36-23-15-10-16-24-36/h9-34,47-50H,5-8H2,1-4H3/p+1. The van der Waals surface area contributed by atoms with Gasteiger partial charge in [0.15, 0.2) is 0 Å². The SMILES string of the molecule is CCN1c2ccc(C3=C(O)/C(=c4/ccc5c(c4)N(CC)C(c4ccccc4)C(c4ccccc4)[N+]=5CC)C3=O)cc2N(CC)C(c2ccccc2)C1c1ccccc1. The minimum absolute atomic E-state index is 0.0407. The molecule has 0 amide bonds. The van der Waals surface area contributed by atoms with Crippen LogP contribution in [0.3, 0.4) is 0 Å². The zero-order valence-corrected chi connectivity index (χ0v) is 33.8. The number of anilines is 3. The molecule has 0 saturated heterocycles. The molecular formula is C52H51N4O2+. The number of benzene rings is 6. The molecule has 0 saturated carbocycles. The molecule has 290 valence electrons. The molecule has 0 fully saturated rings. The number of nitrogens with zero attached hydrogens (tertiary/aromatic N) is 4. The molecule has 3 aliphatic rings. The summed E-state index contributed by atoms with van der Waals surface area (Å²) in [7, 11) is 0. The number of aliphatic hydroxyl groups excluding tert-OH is 1. The van der Waals surface area contributed by atoms with Gasteiger partial charge < -0.3 is 19.8 Å². The number of Topliss-reactive ketones (excluding diaryl/α,β-unsaturated/α-hetero) is 1. The summed E-state index contributed by atoms with van der Waals surface area (Å²) in [5.74, 6) is -0.0655.